The summed E-state index contributed by atoms with van der Waals surface area (Å²) in [7, 11) is 0. The smallest absolute Gasteiger partial charge is 0.269 e. The fourth-order valence-electron chi connectivity index (χ4n) is 1.61. The molecule has 0 aliphatic rings. The van der Waals surface area contributed by atoms with Crippen LogP contribution in [0.15, 0.2) is 41.4 Å². The monoisotopic (exact) mass is 351 g/mol. The van der Waals surface area contributed by atoms with Gasteiger partial charge in [0.25, 0.3) is 5.91 Å². The average Bonchev–Trinajstić information content (AvgIpc) is 2.99. The van der Waals surface area contributed by atoms with Crippen molar-refractivity contribution in [2.75, 3.05) is 0 Å². The molecule has 0 radical (unpaired) electrons. The Bertz CT molecular complexity index is 598. The molecule has 0 bridgehead atoms. The molecule has 2 aromatic rings. The van der Waals surface area contributed by atoms with Gasteiger partial charge in [-0.05, 0) is 30.7 Å². The van der Waals surface area contributed by atoms with Gasteiger partial charge >= 0.3 is 0 Å². The number of halogens is 1. The molecule has 8 heteroatoms. The van der Waals surface area contributed by atoms with Gasteiger partial charge in [-0.3, -0.25) is 25.1 Å². The van der Waals surface area contributed by atoms with Crippen molar-refractivity contribution in [1.29, 1.82) is 0 Å². The molecular weight excluding hydrogens is 338 g/mol. The van der Waals surface area contributed by atoms with E-state index in [9.17, 15) is 9.59 Å². The number of hydrogen-bond acceptors (Lipinski definition) is 4. The Labute approximate surface area is 129 Å². The van der Waals surface area contributed by atoms with Crippen molar-refractivity contribution in [2.24, 2.45) is 0 Å². The molecule has 1 aromatic carbocycles. The first-order valence-electron chi connectivity index (χ1n) is 6.32. The normalized spacial score (nSPS) is 10.1. The molecule has 0 aliphatic heterocycles. The molecule has 0 atom stereocenters. The van der Waals surface area contributed by atoms with E-state index in [1.165, 1.54) is 6.33 Å². The number of nitrogens with zero attached hydrogens (tertiary/aromatic N) is 3. The first-order valence-corrected chi connectivity index (χ1v) is 7.11. The van der Waals surface area contributed by atoms with Crippen LogP contribution in [-0.4, -0.2) is 26.6 Å². The molecule has 1 aromatic heterocycles. The van der Waals surface area contributed by atoms with Crippen LogP contribution in [0, 0.1) is 0 Å². The minimum atomic E-state index is -0.355. The number of carbonyl (C=O) groups is 2. The Balaban J connectivity index is 1.68. The van der Waals surface area contributed by atoms with Gasteiger partial charge in [0.1, 0.15) is 12.7 Å². The number of hydrogen-bond donors (Lipinski definition) is 2. The maximum absolute atomic E-state index is 11.8. The molecule has 7 nitrogen and oxygen atoms in total. The minimum Gasteiger partial charge on any atom is -0.273 e. The van der Waals surface area contributed by atoms with Crippen molar-refractivity contribution in [3.63, 3.8) is 0 Å². The topological polar surface area (TPSA) is 88.9 Å². The minimum absolute atomic E-state index is 0.249. The van der Waals surface area contributed by atoms with Crippen molar-refractivity contribution in [2.45, 2.75) is 19.4 Å². The summed E-state index contributed by atoms with van der Waals surface area (Å²) in [5.74, 6) is -0.604. The Morgan fingerprint density at radius 2 is 1.95 bits per heavy atom. The summed E-state index contributed by atoms with van der Waals surface area (Å²) in [5.41, 5.74) is 5.23. The van der Waals surface area contributed by atoms with Crippen LogP contribution in [0.1, 0.15) is 23.2 Å². The summed E-state index contributed by atoms with van der Waals surface area (Å²) < 4.78 is 2.53. The van der Waals surface area contributed by atoms with E-state index < -0.39 is 0 Å². The molecule has 110 valence electrons. The summed E-state index contributed by atoms with van der Waals surface area (Å²) in [5, 5.41) is 3.93. The first kappa shape index (κ1) is 15.2. The van der Waals surface area contributed by atoms with Crippen molar-refractivity contribution in [3.8, 4) is 0 Å². The SMILES string of the molecule is O=C(CCCn1cncn1)NNC(=O)c1ccc(Br)cc1. The third kappa shape index (κ3) is 4.99. The maximum atomic E-state index is 11.8. The lowest BCUT2D eigenvalue weighted by atomic mass is 10.2. The summed E-state index contributed by atoms with van der Waals surface area (Å²) in [6, 6.07) is 6.84. The lowest BCUT2D eigenvalue weighted by molar-refractivity contribution is -0.122. The second-order valence-corrected chi connectivity index (χ2v) is 5.19. The van der Waals surface area contributed by atoms with Gasteiger partial charge in [0, 0.05) is 23.0 Å². The number of carbonyl (C=O) groups excluding carboxylic acids is 2. The van der Waals surface area contributed by atoms with Gasteiger partial charge < -0.3 is 0 Å². The molecule has 0 fully saturated rings. The Morgan fingerprint density at radius 1 is 1.19 bits per heavy atom. The van der Waals surface area contributed by atoms with E-state index in [4.69, 9.17) is 0 Å². The highest BCUT2D eigenvalue weighted by atomic mass is 79.9. The fraction of sp³-hybridized carbons (Fsp3) is 0.231. The number of aromatic nitrogens is 3. The van der Waals surface area contributed by atoms with Gasteiger partial charge in [0.05, 0.1) is 0 Å². The van der Waals surface area contributed by atoms with E-state index in [0.717, 1.165) is 4.47 Å². The van der Waals surface area contributed by atoms with Crippen LogP contribution in [0.4, 0.5) is 0 Å². The maximum Gasteiger partial charge on any atom is 0.269 e. The Morgan fingerprint density at radius 3 is 2.62 bits per heavy atom. The highest BCUT2D eigenvalue weighted by Crippen LogP contribution is 2.10. The van der Waals surface area contributed by atoms with Crippen LogP contribution in [0.3, 0.4) is 0 Å². The number of hydrazine groups is 1. The zero-order valence-electron chi connectivity index (χ0n) is 11.1. The van der Waals surface area contributed by atoms with Crippen LogP contribution in [0.2, 0.25) is 0 Å². The van der Waals surface area contributed by atoms with Crippen LogP contribution in [0.5, 0.6) is 0 Å². The molecule has 0 saturated carbocycles. The average molecular weight is 352 g/mol. The largest absolute Gasteiger partial charge is 0.273 e. The van der Waals surface area contributed by atoms with E-state index in [1.54, 1.807) is 35.3 Å². The third-order valence-corrected chi connectivity index (χ3v) is 3.21. The second kappa shape index (κ2) is 7.53. The third-order valence-electron chi connectivity index (χ3n) is 2.68. The van der Waals surface area contributed by atoms with Crippen molar-refractivity contribution in [3.05, 3.63) is 47.0 Å². The molecule has 0 aliphatic carbocycles. The van der Waals surface area contributed by atoms with Gasteiger partial charge in [-0.1, -0.05) is 15.9 Å². The molecule has 0 spiro atoms. The Kier molecular flexibility index (Phi) is 5.44. The summed E-state index contributed by atoms with van der Waals surface area (Å²) >= 11 is 3.29. The van der Waals surface area contributed by atoms with Gasteiger partial charge in [-0.25, -0.2) is 4.98 Å². The van der Waals surface area contributed by atoms with Gasteiger partial charge in [0.15, 0.2) is 0 Å². The molecule has 2 N–H and O–H groups in total. The highest BCUT2D eigenvalue weighted by molar-refractivity contribution is 9.10. The Hall–Kier alpha value is -2.22. The molecule has 1 heterocycles. The summed E-state index contributed by atoms with van der Waals surface area (Å²) in [6.07, 6.45) is 3.94. The number of rotatable bonds is 5. The molecule has 2 amide bonds. The summed E-state index contributed by atoms with van der Waals surface area (Å²) in [4.78, 5) is 27.2. The zero-order valence-corrected chi connectivity index (χ0v) is 12.7. The molecule has 21 heavy (non-hydrogen) atoms. The van der Waals surface area contributed by atoms with Crippen molar-refractivity contribution in [1.82, 2.24) is 25.6 Å². The molecule has 0 unspecified atom stereocenters. The predicted molar refractivity (Wildman–Crippen MR) is 79.0 cm³/mol. The van der Waals surface area contributed by atoms with E-state index in [2.05, 4.69) is 36.9 Å². The van der Waals surface area contributed by atoms with Crippen molar-refractivity contribution >= 4 is 27.7 Å². The van der Waals surface area contributed by atoms with Crippen LogP contribution in [-0.2, 0) is 11.3 Å². The van der Waals surface area contributed by atoms with Crippen LogP contribution >= 0.6 is 15.9 Å². The lowest BCUT2D eigenvalue weighted by Crippen LogP contribution is -2.41. The predicted octanol–water partition coefficient (Wildman–Crippen LogP) is 1.28. The van der Waals surface area contributed by atoms with E-state index >= 15 is 0 Å². The molecular formula is C13H14BrN5O2. The number of benzene rings is 1. The number of amides is 2. The highest BCUT2D eigenvalue weighted by Gasteiger charge is 2.07. The van der Waals surface area contributed by atoms with E-state index in [1.807, 2.05) is 0 Å². The standard InChI is InChI=1S/C13H14BrN5O2/c14-11-5-3-10(4-6-11)13(21)18-17-12(20)2-1-7-19-9-15-8-16-19/h3-6,8-9H,1-2,7H2,(H,17,20)(H,18,21). The lowest BCUT2D eigenvalue weighted by Gasteiger charge is -2.07. The van der Waals surface area contributed by atoms with E-state index in [0.29, 0.717) is 24.9 Å². The van der Waals surface area contributed by atoms with Crippen molar-refractivity contribution < 1.29 is 9.59 Å². The van der Waals surface area contributed by atoms with E-state index in [-0.39, 0.29) is 11.8 Å². The second-order valence-electron chi connectivity index (χ2n) is 4.27. The van der Waals surface area contributed by atoms with Gasteiger partial charge in [0.2, 0.25) is 5.91 Å². The molecule has 2 rings (SSSR count). The number of nitrogens with one attached hydrogen (secondary N) is 2. The quantitative estimate of drug-likeness (QED) is 0.794. The van der Waals surface area contributed by atoms with Crippen LogP contribution in [0.25, 0.3) is 0 Å². The van der Waals surface area contributed by atoms with Gasteiger partial charge in [-0.15, -0.1) is 0 Å². The summed E-state index contributed by atoms with van der Waals surface area (Å²) in [6.45, 7) is 0.605. The zero-order chi connectivity index (χ0) is 15.1. The number of aryl methyl sites for hydroxylation is 1. The first-order chi connectivity index (χ1) is 10.1. The van der Waals surface area contributed by atoms with Gasteiger partial charge in [-0.2, -0.15) is 5.10 Å². The van der Waals surface area contributed by atoms with Crippen LogP contribution < -0.4 is 10.9 Å². The fourth-order valence-corrected chi connectivity index (χ4v) is 1.88. The molecule has 0 saturated heterocycles.